The van der Waals surface area contributed by atoms with Gasteiger partial charge in [-0.1, -0.05) is 31.2 Å². The van der Waals surface area contributed by atoms with Crippen LogP contribution in [0.3, 0.4) is 0 Å². The van der Waals surface area contributed by atoms with E-state index in [2.05, 4.69) is 44.0 Å². The van der Waals surface area contributed by atoms with E-state index >= 15 is 0 Å². The van der Waals surface area contributed by atoms with Crippen LogP contribution >= 0.6 is 0 Å². The number of benzene rings is 1. The van der Waals surface area contributed by atoms with Crippen LogP contribution in [0.2, 0.25) is 0 Å². The molecule has 2 nitrogen and oxygen atoms in total. The van der Waals surface area contributed by atoms with E-state index in [4.69, 9.17) is 0 Å². The number of aromatic nitrogens is 1. The van der Waals surface area contributed by atoms with E-state index in [0.717, 1.165) is 17.7 Å². The highest BCUT2D eigenvalue weighted by atomic mass is 16.3. The minimum Gasteiger partial charge on any atom is -0.385 e. The highest BCUT2D eigenvalue weighted by Gasteiger charge is 2.24. The zero-order valence-corrected chi connectivity index (χ0v) is 12.8. The van der Waals surface area contributed by atoms with Gasteiger partial charge in [0, 0.05) is 18.3 Å². The van der Waals surface area contributed by atoms with Crippen molar-refractivity contribution in [3.63, 3.8) is 0 Å². The molecule has 0 bridgehead atoms. The monoisotopic (exact) mass is 269 g/mol. The largest absolute Gasteiger partial charge is 0.385 e. The molecule has 0 aliphatic heterocycles. The molecular formula is C18H23NO. The molecule has 0 aliphatic rings. The van der Waals surface area contributed by atoms with E-state index in [1.54, 1.807) is 0 Å². The van der Waals surface area contributed by atoms with Crippen molar-refractivity contribution in [2.24, 2.45) is 0 Å². The molecule has 2 heteroatoms. The summed E-state index contributed by atoms with van der Waals surface area (Å²) in [5, 5.41) is 10.7. The van der Waals surface area contributed by atoms with Gasteiger partial charge >= 0.3 is 0 Å². The Morgan fingerprint density at radius 1 is 1.10 bits per heavy atom. The Bertz CT molecular complexity index is 585. The third-order valence-electron chi connectivity index (χ3n) is 3.95. The third-order valence-corrected chi connectivity index (χ3v) is 3.95. The summed E-state index contributed by atoms with van der Waals surface area (Å²) in [6, 6.07) is 10.2. The van der Waals surface area contributed by atoms with Crippen LogP contribution in [-0.2, 0) is 18.4 Å². The smallest absolute Gasteiger partial charge is 0.0923 e. The Kier molecular flexibility index (Phi) is 4.24. The van der Waals surface area contributed by atoms with E-state index in [1.807, 2.05) is 25.3 Å². The summed E-state index contributed by atoms with van der Waals surface area (Å²) in [6.07, 6.45) is 3.41. The standard InChI is InChI=1S/C18H23NO/c1-5-15-7-9-17(19-12-15)11-18(4,20)16-8-6-13(2)14(3)10-16/h6-10,12,20H,5,11H2,1-4H3. The minimum absolute atomic E-state index is 0.527. The summed E-state index contributed by atoms with van der Waals surface area (Å²) >= 11 is 0. The number of aliphatic hydroxyl groups is 1. The van der Waals surface area contributed by atoms with Crippen LogP contribution in [0.5, 0.6) is 0 Å². The first-order chi connectivity index (χ1) is 9.42. The summed E-state index contributed by atoms with van der Waals surface area (Å²) < 4.78 is 0. The molecule has 1 N–H and O–H groups in total. The van der Waals surface area contributed by atoms with Gasteiger partial charge in [0.15, 0.2) is 0 Å². The lowest BCUT2D eigenvalue weighted by atomic mass is 9.89. The zero-order chi connectivity index (χ0) is 14.8. The topological polar surface area (TPSA) is 33.1 Å². The summed E-state index contributed by atoms with van der Waals surface area (Å²) in [7, 11) is 0. The van der Waals surface area contributed by atoms with Gasteiger partial charge in [-0.25, -0.2) is 0 Å². The molecule has 2 aromatic rings. The molecule has 20 heavy (non-hydrogen) atoms. The fourth-order valence-electron chi connectivity index (χ4n) is 2.30. The van der Waals surface area contributed by atoms with Gasteiger partial charge in [-0.2, -0.15) is 0 Å². The highest BCUT2D eigenvalue weighted by Crippen LogP contribution is 2.26. The van der Waals surface area contributed by atoms with Crippen LogP contribution in [0, 0.1) is 13.8 Å². The number of aryl methyl sites for hydroxylation is 3. The summed E-state index contributed by atoms with van der Waals surface area (Å²) in [6.45, 7) is 8.12. The average molecular weight is 269 g/mol. The van der Waals surface area contributed by atoms with Crippen molar-refractivity contribution < 1.29 is 5.11 Å². The molecule has 0 saturated carbocycles. The second-order valence-corrected chi connectivity index (χ2v) is 5.76. The summed E-state index contributed by atoms with van der Waals surface area (Å²) in [5.41, 5.74) is 4.65. The van der Waals surface area contributed by atoms with Gasteiger partial charge in [-0.15, -0.1) is 0 Å². The van der Waals surface area contributed by atoms with Gasteiger partial charge in [-0.3, -0.25) is 4.98 Å². The summed E-state index contributed by atoms with van der Waals surface area (Å²) in [5.74, 6) is 0. The lowest BCUT2D eigenvalue weighted by molar-refractivity contribution is 0.0565. The molecule has 0 radical (unpaired) electrons. The Hall–Kier alpha value is -1.67. The molecule has 0 amide bonds. The zero-order valence-electron chi connectivity index (χ0n) is 12.8. The number of rotatable bonds is 4. The molecule has 1 heterocycles. The van der Waals surface area contributed by atoms with Crippen molar-refractivity contribution in [1.29, 1.82) is 0 Å². The Morgan fingerprint density at radius 3 is 2.40 bits per heavy atom. The van der Waals surface area contributed by atoms with E-state index in [1.165, 1.54) is 16.7 Å². The fraction of sp³-hybridized carbons (Fsp3) is 0.389. The van der Waals surface area contributed by atoms with Crippen molar-refractivity contribution in [2.75, 3.05) is 0 Å². The number of hydrogen-bond acceptors (Lipinski definition) is 2. The van der Waals surface area contributed by atoms with Gasteiger partial charge < -0.3 is 5.11 Å². The van der Waals surface area contributed by atoms with Crippen LogP contribution in [0.1, 0.15) is 41.8 Å². The lowest BCUT2D eigenvalue weighted by Crippen LogP contribution is -2.25. The van der Waals surface area contributed by atoms with Crippen molar-refractivity contribution in [1.82, 2.24) is 4.98 Å². The molecule has 1 aromatic heterocycles. The van der Waals surface area contributed by atoms with Gasteiger partial charge in [0.1, 0.15) is 0 Å². The van der Waals surface area contributed by atoms with Gasteiger partial charge in [0.2, 0.25) is 0 Å². The first-order valence-electron chi connectivity index (χ1n) is 7.16. The molecule has 1 unspecified atom stereocenters. The first-order valence-corrected chi connectivity index (χ1v) is 7.16. The van der Waals surface area contributed by atoms with Crippen molar-refractivity contribution >= 4 is 0 Å². The van der Waals surface area contributed by atoms with E-state index in [-0.39, 0.29) is 0 Å². The highest BCUT2D eigenvalue weighted by molar-refractivity contribution is 5.33. The van der Waals surface area contributed by atoms with Crippen molar-refractivity contribution in [3.8, 4) is 0 Å². The minimum atomic E-state index is -0.890. The van der Waals surface area contributed by atoms with Crippen LogP contribution in [-0.4, -0.2) is 10.1 Å². The van der Waals surface area contributed by atoms with Crippen LogP contribution in [0.25, 0.3) is 0 Å². The van der Waals surface area contributed by atoms with E-state index < -0.39 is 5.60 Å². The molecule has 1 aromatic carbocycles. The first kappa shape index (κ1) is 14.7. The van der Waals surface area contributed by atoms with Crippen molar-refractivity contribution in [2.45, 2.75) is 46.1 Å². The molecule has 0 fully saturated rings. The summed E-state index contributed by atoms with van der Waals surface area (Å²) in [4.78, 5) is 4.44. The lowest BCUT2D eigenvalue weighted by Gasteiger charge is -2.24. The molecule has 0 aliphatic carbocycles. The van der Waals surface area contributed by atoms with Crippen LogP contribution in [0.15, 0.2) is 36.5 Å². The maximum atomic E-state index is 10.7. The van der Waals surface area contributed by atoms with Crippen molar-refractivity contribution in [3.05, 3.63) is 64.5 Å². The quantitative estimate of drug-likeness (QED) is 0.918. The van der Waals surface area contributed by atoms with E-state index in [0.29, 0.717) is 6.42 Å². The van der Waals surface area contributed by atoms with Gasteiger partial charge in [-0.05, 0) is 55.5 Å². The second-order valence-electron chi connectivity index (χ2n) is 5.76. The SMILES string of the molecule is CCc1ccc(CC(C)(O)c2ccc(C)c(C)c2)nc1. The number of hydrogen-bond donors (Lipinski definition) is 1. The van der Waals surface area contributed by atoms with Gasteiger partial charge in [0.05, 0.1) is 5.60 Å². The number of nitrogens with zero attached hydrogens (tertiary/aromatic N) is 1. The Balaban J connectivity index is 2.22. The maximum absolute atomic E-state index is 10.7. The fourth-order valence-corrected chi connectivity index (χ4v) is 2.30. The Labute approximate surface area is 121 Å². The maximum Gasteiger partial charge on any atom is 0.0923 e. The van der Waals surface area contributed by atoms with Crippen LogP contribution < -0.4 is 0 Å². The second kappa shape index (κ2) is 5.76. The predicted molar refractivity (Wildman–Crippen MR) is 82.8 cm³/mol. The molecule has 0 saturated heterocycles. The third kappa shape index (κ3) is 3.26. The molecule has 0 spiro atoms. The molecule has 1 atom stereocenters. The Morgan fingerprint density at radius 2 is 1.85 bits per heavy atom. The van der Waals surface area contributed by atoms with Crippen LogP contribution in [0.4, 0.5) is 0 Å². The molecule has 2 rings (SSSR count). The predicted octanol–water partition coefficient (Wildman–Crippen LogP) is 3.71. The normalized spacial score (nSPS) is 14.1. The number of pyridine rings is 1. The molecule has 106 valence electrons. The average Bonchev–Trinajstić information content (AvgIpc) is 2.42. The van der Waals surface area contributed by atoms with Gasteiger partial charge in [0.25, 0.3) is 0 Å². The molecular weight excluding hydrogens is 246 g/mol. The van der Waals surface area contributed by atoms with E-state index in [9.17, 15) is 5.11 Å².